The third-order valence-electron chi connectivity index (χ3n) is 1.61. The van der Waals surface area contributed by atoms with E-state index in [-0.39, 0.29) is 18.8 Å². The van der Waals surface area contributed by atoms with Crippen molar-refractivity contribution < 1.29 is 29.0 Å². The second kappa shape index (κ2) is 10.5. The molecule has 6 nitrogen and oxygen atoms in total. The van der Waals surface area contributed by atoms with Crippen LogP contribution in [0.3, 0.4) is 0 Å². The predicted molar refractivity (Wildman–Crippen MR) is 74.0 cm³/mol. The van der Waals surface area contributed by atoms with Crippen LogP contribution in [0.4, 0.5) is 0 Å². The van der Waals surface area contributed by atoms with E-state index in [1.165, 1.54) is 6.92 Å². The Morgan fingerprint density at radius 2 is 1.05 bits per heavy atom. The zero-order chi connectivity index (χ0) is 16.3. The molecule has 1 N–H and O–H groups in total. The van der Waals surface area contributed by atoms with Crippen LogP contribution in [0.15, 0.2) is 36.5 Å². The molecule has 112 valence electrons. The fourth-order valence-electron chi connectivity index (χ4n) is 0.515. The van der Waals surface area contributed by atoms with Crippen molar-refractivity contribution in [1.82, 2.24) is 0 Å². The van der Waals surface area contributed by atoms with Crippen molar-refractivity contribution in [2.75, 3.05) is 13.2 Å². The molecule has 0 radical (unpaired) electrons. The van der Waals surface area contributed by atoms with Crippen LogP contribution in [0, 0.1) is 0 Å². The quantitative estimate of drug-likeness (QED) is 0.455. The molecule has 0 unspecified atom stereocenters. The van der Waals surface area contributed by atoms with E-state index in [9.17, 15) is 14.4 Å². The number of carboxylic acid groups (broad SMARTS) is 1. The second-order valence-corrected chi connectivity index (χ2v) is 3.92. The van der Waals surface area contributed by atoms with Gasteiger partial charge in [0.1, 0.15) is 13.2 Å². The van der Waals surface area contributed by atoms with E-state index >= 15 is 0 Å². The van der Waals surface area contributed by atoms with Gasteiger partial charge in [-0.3, -0.25) is 0 Å². The minimum absolute atomic E-state index is 0.0325. The molecule has 0 aliphatic carbocycles. The summed E-state index contributed by atoms with van der Waals surface area (Å²) < 4.78 is 9.38. The summed E-state index contributed by atoms with van der Waals surface area (Å²) in [6.45, 7) is 14.6. The molecule has 0 aromatic rings. The Balaban J connectivity index is 0. The van der Waals surface area contributed by atoms with Crippen LogP contribution >= 0.6 is 0 Å². The third kappa shape index (κ3) is 12.1. The lowest BCUT2D eigenvalue weighted by molar-refractivity contribution is -0.147. The van der Waals surface area contributed by atoms with Crippen LogP contribution in [0.5, 0.6) is 0 Å². The summed E-state index contributed by atoms with van der Waals surface area (Å²) in [5, 5.41) is 7.89. The smallest absolute Gasteiger partial charge is 0.333 e. The van der Waals surface area contributed by atoms with E-state index < -0.39 is 17.9 Å². The number of carboxylic acids is 1. The minimum atomic E-state index is -0.935. The molecule has 0 spiro atoms. The third-order valence-corrected chi connectivity index (χ3v) is 1.61. The second-order valence-electron chi connectivity index (χ2n) is 3.92. The molecule has 6 heteroatoms. The Morgan fingerprint density at radius 1 is 0.800 bits per heavy atom. The molecule has 0 aromatic heterocycles. The first-order valence-corrected chi connectivity index (χ1v) is 5.63. The molecular weight excluding hydrogens is 264 g/mol. The summed E-state index contributed by atoms with van der Waals surface area (Å²) in [5.74, 6) is -1.91. The van der Waals surface area contributed by atoms with Crippen LogP contribution in [0.1, 0.15) is 20.8 Å². The first-order valence-electron chi connectivity index (χ1n) is 5.63. The number of ether oxygens (including phenoxy) is 2. The number of esters is 2. The fraction of sp³-hybridized carbons (Fsp3) is 0.357. The Hall–Kier alpha value is -2.37. The zero-order valence-corrected chi connectivity index (χ0v) is 12.0. The van der Waals surface area contributed by atoms with Crippen molar-refractivity contribution in [3.8, 4) is 0 Å². The van der Waals surface area contributed by atoms with Gasteiger partial charge < -0.3 is 14.6 Å². The van der Waals surface area contributed by atoms with Gasteiger partial charge >= 0.3 is 17.9 Å². The highest BCUT2D eigenvalue weighted by atomic mass is 16.6. The summed E-state index contributed by atoms with van der Waals surface area (Å²) in [7, 11) is 0. The molecule has 0 atom stereocenters. The van der Waals surface area contributed by atoms with Gasteiger partial charge in [-0.05, 0) is 20.8 Å². The highest BCUT2D eigenvalue weighted by Gasteiger charge is 2.05. The maximum atomic E-state index is 10.8. The molecule has 0 aliphatic heterocycles. The first kappa shape index (κ1) is 20.0. The summed E-state index contributed by atoms with van der Waals surface area (Å²) in [5.41, 5.74) is 0.808. The van der Waals surface area contributed by atoms with Crippen LogP contribution in [0.25, 0.3) is 0 Å². The first-order chi connectivity index (χ1) is 9.09. The SMILES string of the molecule is C=C(C)C(=O)O.C=C(C)C(=O)OCCOC(=O)C(=C)C. The molecule has 0 heterocycles. The number of aliphatic carboxylic acids is 1. The monoisotopic (exact) mass is 284 g/mol. The van der Waals surface area contributed by atoms with Crippen LogP contribution in [-0.4, -0.2) is 36.2 Å². The number of hydrogen-bond donors (Lipinski definition) is 1. The van der Waals surface area contributed by atoms with Crippen molar-refractivity contribution in [3.05, 3.63) is 36.5 Å². The zero-order valence-electron chi connectivity index (χ0n) is 12.0. The predicted octanol–water partition coefficient (Wildman–Crippen LogP) is 1.87. The lowest BCUT2D eigenvalue weighted by Crippen LogP contribution is -2.14. The van der Waals surface area contributed by atoms with Crippen LogP contribution < -0.4 is 0 Å². The number of carbonyl (C=O) groups is 3. The summed E-state index contributed by atoms with van der Waals surface area (Å²) in [4.78, 5) is 31.3. The van der Waals surface area contributed by atoms with Gasteiger partial charge in [-0.1, -0.05) is 19.7 Å². The molecule has 0 saturated carbocycles. The van der Waals surface area contributed by atoms with E-state index in [1.54, 1.807) is 13.8 Å². The van der Waals surface area contributed by atoms with Gasteiger partial charge in [0.25, 0.3) is 0 Å². The van der Waals surface area contributed by atoms with Crippen molar-refractivity contribution in [3.63, 3.8) is 0 Å². The van der Waals surface area contributed by atoms with Crippen LogP contribution in [-0.2, 0) is 23.9 Å². The van der Waals surface area contributed by atoms with Gasteiger partial charge in [0.2, 0.25) is 0 Å². The molecule has 0 saturated heterocycles. The van der Waals surface area contributed by atoms with Gasteiger partial charge in [-0.15, -0.1) is 0 Å². The maximum absolute atomic E-state index is 10.8. The molecular formula is C14H20O6. The van der Waals surface area contributed by atoms with E-state index in [0.29, 0.717) is 11.1 Å². The molecule has 0 fully saturated rings. The molecule has 0 amide bonds. The van der Waals surface area contributed by atoms with Gasteiger partial charge in [-0.25, -0.2) is 14.4 Å². The topological polar surface area (TPSA) is 89.9 Å². The van der Waals surface area contributed by atoms with E-state index in [0.717, 1.165) is 0 Å². The standard InChI is InChI=1S/C10H14O4.C4H6O2/c1-7(2)9(11)13-5-6-14-10(12)8(3)4;1-3(2)4(5)6/h1,3,5-6H2,2,4H3;1H2,2H3,(H,5,6). The van der Waals surface area contributed by atoms with Gasteiger partial charge in [0.15, 0.2) is 0 Å². The fourth-order valence-corrected chi connectivity index (χ4v) is 0.515. The Kier molecular flexibility index (Phi) is 10.5. The van der Waals surface area contributed by atoms with E-state index in [2.05, 4.69) is 29.2 Å². The average Bonchev–Trinajstić information content (AvgIpc) is 2.34. The normalized spacial score (nSPS) is 8.55. The number of hydrogen-bond acceptors (Lipinski definition) is 5. The summed E-state index contributed by atoms with van der Waals surface area (Å²) >= 11 is 0. The highest BCUT2D eigenvalue weighted by molar-refractivity contribution is 5.87. The largest absolute Gasteiger partial charge is 0.478 e. The maximum Gasteiger partial charge on any atom is 0.333 e. The minimum Gasteiger partial charge on any atom is -0.478 e. The van der Waals surface area contributed by atoms with Crippen molar-refractivity contribution >= 4 is 17.9 Å². The van der Waals surface area contributed by atoms with Crippen LogP contribution in [0.2, 0.25) is 0 Å². The Labute approximate surface area is 118 Å². The summed E-state index contributed by atoms with van der Waals surface area (Å²) in [6, 6.07) is 0. The summed E-state index contributed by atoms with van der Waals surface area (Å²) in [6.07, 6.45) is 0. The average molecular weight is 284 g/mol. The molecule has 0 rings (SSSR count). The lowest BCUT2D eigenvalue weighted by atomic mass is 10.4. The van der Waals surface area contributed by atoms with Gasteiger partial charge in [0.05, 0.1) is 0 Å². The Morgan fingerprint density at radius 3 is 1.20 bits per heavy atom. The van der Waals surface area contributed by atoms with E-state index in [4.69, 9.17) is 5.11 Å². The number of rotatable bonds is 6. The van der Waals surface area contributed by atoms with Gasteiger partial charge in [0, 0.05) is 16.7 Å². The molecule has 0 aliphatic rings. The van der Waals surface area contributed by atoms with E-state index in [1.807, 2.05) is 0 Å². The molecule has 0 aromatic carbocycles. The van der Waals surface area contributed by atoms with Crippen molar-refractivity contribution in [2.45, 2.75) is 20.8 Å². The van der Waals surface area contributed by atoms with Crippen molar-refractivity contribution in [1.29, 1.82) is 0 Å². The highest BCUT2D eigenvalue weighted by Crippen LogP contribution is 1.94. The van der Waals surface area contributed by atoms with Crippen molar-refractivity contribution in [2.24, 2.45) is 0 Å². The number of carbonyl (C=O) groups excluding carboxylic acids is 2. The van der Waals surface area contributed by atoms with Gasteiger partial charge in [-0.2, -0.15) is 0 Å². The Bertz CT molecular complexity index is 379. The molecule has 0 bridgehead atoms. The lowest BCUT2D eigenvalue weighted by Gasteiger charge is -2.05. The molecule has 20 heavy (non-hydrogen) atoms.